The minimum atomic E-state index is -1.01. The lowest BCUT2D eigenvalue weighted by molar-refractivity contribution is -0.137. The van der Waals surface area contributed by atoms with E-state index in [-0.39, 0.29) is 18.4 Å². The first-order valence-corrected chi connectivity index (χ1v) is 4.43. The molecule has 1 atom stereocenters. The van der Waals surface area contributed by atoms with Crippen LogP contribution in [0.5, 0.6) is 0 Å². The van der Waals surface area contributed by atoms with Gasteiger partial charge in [-0.1, -0.05) is 12.1 Å². The molecule has 0 saturated heterocycles. The number of carboxylic acid groups (broad SMARTS) is 1. The fraction of sp³-hybridized carbons (Fsp3) is 0.300. The molecule has 0 aliphatic carbocycles. The summed E-state index contributed by atoms with van der Waals surface area (Å²) in [6, 6.07) is 2.89. The molecule has 0 radical (unpaired) electrons. The number of carboxylic acids is 1. The van der Waals surface area contributed by atoms with Gasteiger partial charge in [-0.3, -0.25) is 4.79 Å². The zero-order valence-electron chi connectivity index (χ0n) is 7.91. The highest BCUT2D eigenvalue weighted by Gasteiger charge is 2.15. The minimum Gasteiger partial charge on any atom is -0.481 e. The van der Waals surface area contributed by atoms with Crippen molar-refractivity contribution in [2.75, 3.05) is 0 Å². The summed E-state index contributed by atoms with van der Waals surface area (Å²) in [6.07, 6.45) is -0.0904. The van der Waals surface area contributed by atoms with E-state index in [9.17, 15) is 13.6 Å². The van der Waals surface area contributed by atoms with E-state index in [4.69, 9.17) is 10.8 Å². The highest BCUT2D eigenvalue weighted by molar-refractivity contribution is 5.66. The number of halogens is 2. The SMILES string of the molecule is NC(CCC(=O)O)c1cccc(F)c1F. The third-order valence-corrected chi connectivity index (χ3v) is 2.05. The average Bonchev–Trinajstić information content (AvgIpc) is 2.18. The topological polar surface area (TPSA) is 63.3 Å². The molecule has 0 spiro atoms. The maximum atomic E-state index is 13.2. The zero-order chi connectivity index (χ0) is 11.4. The molecule has 0 aliphatic rings. The van der Waals surface area contributed by atoms with E-state index in [1.807, 2.05) is 0 Å². The molecule has 0 amide bonds. The summed E-state index contributed by atoms with van der Waals surface area (Å²) in [5.74, 6) is -2.99. The Balaban J connectivity index is 2.77. The second-order valence-electron chi connectivity index (χ2n) is 3.18. The number of carbonyl (C=O) groups is 1. The van der Waals surface area contributed by atoms with E-state index in [0.29, 0.717) is 0 Å². The van der Waals surface area contributed by atoms with Crippen LogP contribution in [0.15, 0.2) is 18.2 Å². The van der Waals surface area contributed by atoms with Crippen molar-refractivity contribution in [1.29, 1.82) is 0 Å². The smallest absolute Gasteiger partial charge is 0.303 e. The van der Waals surface area contributed by atoms with Gasteiger partial charge in [-0.05, 0) is 12.5 Å². The van der Waals surface area contributed by atoms with Gasteiger partial charge in [0, 0.05) is 18.0 Å². The standard InChI is InChI=1S/C10H11F2NO2/c11-7-3-1-2-6(10(7)12)8(13)4-5-9(14)15/h1-3,8H,4-5,13H2,(H,14,15). The maximum absolute atomic E-state index is 13.2. The predicted molar refractivity (Wildman–Crippen MR) is 50.2 cm³/mol. The van der Waals surface area contributed by atoms with Crippen LogP contribution in [-0.2, 0) is 4.79 Å². The summed E-state index contributed by atoms with van der Waals surface area (Å²) in [5, 5.41) is 8.41. The largest absolute Gasteiger partial charge is 0.481 e. The Morgan fingerprint density at radius 2 is 2.13 bits per heavy atom. The molecule has 1 rings (SSSR count). The third-order valence-electron chi connectivity index (χ3n) is 2.05. The summed E-state index contributed by atoms with van der Waals surface area (Å²) < 4.78 is 26.0. The lowest BCUT2D eigenvalue weighted by Gasteiger charge is -2.11. The Labute approximate surface area is 85.5 Å². The van der Waals surface area contributed by atoms with Crippen LogP contribution >= 0.6 is 0 Å². The normalized spacial score (nSPS) is 12.5. The van der Waals surface area contributed by atoms with E-state index in [1.54, 1.807) is 0 Å². The second-order valence-corrected chi connectivity index (χ2v) is 3.18. The van der Waals surface area contributed by atoms with Crippen LogP contribution in [0.4, 0.5) is 8.78 Å². The van der Waals surface area contributed by atoms with Crippen molar-refractivity contribution in [3.8, 4) is 0 Å². The molecule has 15 heavy (non-hydrogen) atoms. The van der Waals surface area contributed by atoms with E-state index in [1.165, 1.54) is 12.1 Å². The minimum absolute atomic E-state index is 0.0104. The number of aliphatic carboxylic acids is 1. The van der Waals surface area contributed by atoms with Crippen LogP contribution in [0.3, 0.4) is 0 Å². The van der Waals surface area contributed by atoms with Crippen molar-refractivity contribution >= 4 is 5.97 Å². The monoisotopic (exact) mass is 215 g/mol. The molecular formula is C10H11F2NO2. The van der Waals surface area contributed by atoms with Gasteiger partial charge in [0.1, 0.15) is 0 Å². The summed E-state index contributed by atoms with van der Waals surface area (Å²) in [6.45, 7) is 0. The van der Waals surface area contributed by atoms with Crippen molar-refractivity contribution in [2.45, 2.75) is 18.9 Å². The molecule has 0 fully saturated rings. The van der Waals surface area contributed by atoms with Crippen molar-refractivity contribution in [2.24, 2.45) is 5.73 Å². The molecule has 0 saturated carbocycles. The van der Waals surface area contributed by atoms with Gasteiger partial charge >= 0.3 is 5.97 Å². The van der Waals surface area contributed by atoms with Crippen molar-refractivity contribution in [1.82, 2.24) is 0 Å². The van der Waals surface area contributed by atoms with Gasteiger partial charge < -0.3 is 10.8 Å². The van der Waals surface area contributed by atoms with Crippen molar-refractivity contribution in [3.63, 3.8) is 0 Å². The zero-order valence-corrected chi connectivity index (χ0v) is 7.91. The Kier molecular flexibility index (Phi) is 3.74. The first-order chi connectivity index (χ1) is 7.02. The summed E-state index contributed by atoms with van der Waals surface area (Å²) in [7, 11) is 0. The lowest BCUT2D eigenvalue weighted by Crippen LogP contribution is -2.14. The van der Waals surface area contributed by atoms with Gasteiger partial charge in [-0.25, -0.2) is 8.78 Å². The number of hydrogen-bond acceptors (Lipinski definition) is 2. The molecule has 0 heterocycles. The van der Waals surface area contributed by atoms with E-state index in [0.717, 1.165) is 6.07 Å². The highest BCUT2D eigenvalue weighted by Crippen LogP contribution is 2.20. The number of nitrogens with two attached hydrogens (primary N) is 1. The van der Waals surface area contributed by atoms with E-state index in [2.05, 4.69) is 0 Å². The number of benzene rings is 1. The first-order valence-electron chi connectivity index (χ1n) is 4.43. The molecule has 1 aromatic rings. The number of rotatable bonds is 4. The Bertz CT molecular complexity index is 368. The van der Waals surface area contributed by atoms with Gasteiger partial charge in [0.2, 0.25) is 0 Å². The van der Waals surface area contributed by atoms with E-state index < -0.39 is 23.6 Å². The number of hydrogen-bond donors (Lipinski definition) is 2. The second kappa shape index (κ2) is 4.84. The van der Waals surface area contributed by atoms with Crippen LogP contribution in [-0.4, -0.2) is 11.1 Å². The molecule has 0 aliphatic heterocycles. The molecule has 82 valence electrons. The molecule has 1 aromatic carbocycles. The van der Waals surface area contributed by atoms with E-state index >= 15 is 0 Å². The van der Waals surface area contributed by atoms with Crippen LogP contribution in [0.2, 0.25) is 0 Å². The molecule has 3 N–H and O–H groups in total. The Morgan fingerprint density at radius 3 is 2.73 bits per heavy atom. The molecule has 5 heteroatoms. The van der Waals surface area contributed by atoms with Crippen molar-refractivity contribution in [3.05, 3.63) is 35.4 Å². The van der Waals surface area contributed by atoms with Gasteiger partial charge in [0.05, 0.1) is 0 Å². The maximum Gasteiger partial charge on any atom is 0.303 e. The lowest BCUT2D eigenvalue weighted by atomic mass is 10.0. The molecule has 0 aromatic heterocycles. The van der Waals surface area contributed by atoms with Crippen LogP contribution < -0.4 is 5.73 Å². The molecule has 3 nitrogen and oxygen atoms in total. The van der Waals surface area contributed by atoms with Crippen LogP contribution in [0, 0.1) is 11.6 Å². The molecule has 1 unspecified atom stereocenters. The Hall–Kier alpha value is -1.49. The Morgan fingerprint density at radius 1 is 1.47 bits per heavy atom. The van der Waals surface area contributed by atoms with Gasteiger partial charge in [-0.15, -0.1) is 0 Å². The van der Waals surface area contributed by atoms with Gasteiger partial charge in [-0.2, -0.15) is 0 Å². The average molecular weight is 215 g/mol. The van der Waals surface area contributed by atoms with Gasteiger partial charge in [0.15, 0.2) is 11.6 Å². The van der Waals surface area contributed by atoms with Crippen molar-refractivity contribution < 1.29 is 18.7 Å². The quantitative estimate of drug-likeness (QED) is 0.805. The fourth-order valence-corrected chi connectivity index (χ4v) is 1.24. The van der Waals surface area contributed by atoms with Crippen LogP contribution in [0.25, 0.3) is 0 Å². The first kappa shape index (κ1) is 11.6. The summed E-state index contributed by atoms with van der Waals surface area (Å²) in [4.78, 5) is 10.3. The predicted octanol–water partition coefficient (Wildman–Crippen LogP) is 1.83. The van der Waals surface area contributed by atoms with Crippen LogP contribution in [0.1, 0.15) is 24.4 Å². The fourth-order valence-electron chi connectivity index (χ4n) is 1.24. The summed E-state index contributed by atoms with van der Waals surface area (Å²) >= 11 is 0. The molecule has 0 bridgehead atoms. The molecular weight excluding hydrogens is 204 g/mol. The summed E-state index contributed by atoms with van der Waals surface area (Å²) in [5.41, 5.74) is 5.55. The third kappa shape index (κ3) is 2.99. The highest BCUT2D eigenvalue weighted by atomic mass is 19.2. The van der Waals surface area contributed by atoms with Gasteiger partial charge in [0.25, 0.3) is 0 Å².